The van der Waals surface area contributed by atoms with Gasteiger partial charge in [0.05, 0.1) is 5.51 Å². The van der Waals surface area contributed by atoms with Crippen LogP contribution in [0.2, 0.25) is 0 Å². The van der Waals surface area contributed by atoms with Crippen molar-refractivity contribution in [2.24, 2.45) is 0 Å². The summed E-state index contributed by atoms with van der Waals surface area (Å²) in [5, 5.41) is 4.65. The van der Waals surface area contributed by atoms with Crippen molar-refractivity contribution in [3.63, 3.8) is 0 Å². The molecule has 1 aromatic heterocycles. The van der Waals surface area contributed by atoms with E-state index in [-0.39, 0.29) is 11.9 Å². The molecule has 2 heterocycles. The van der Waals surface area contributed by atoms with Gasteiger partial charge >= 0.3 is 0 Å². The number of thiazole rings is 1. The van der Waals surface area contributed by atoms with Gasteiger partial charge in [0.25, 0.3) is 5.91 Å². The molecular weight excluding hydrogens is 232 g/mol. The van der Waals surface area contributed by atoms with Gasteiger partial charge in [-0.2, -0.15) is 0 Å². The second-order valence-corrected chi connectivity index (χ2v) is 5.88. The van der Waals surface area contributed by atoms with Crippen LogP contribution in [0.3, 0.4) is 0 Å². The number of amides is 1. The van der Waals surface area contributed by atoms with Gasteiger partial charge < -0.3 is 5.32 Å². The molecule has 1 aliphatic heterocycles. The summed E-state index contributed by atoms with van der Waals surface area (Å²) in [7, 11) is -0.677. The first kappa shape index (κ1) is 10.8. The molecule has 4 nitrogen and oxygen atoms in total. The lowest BCUT2D eigenvalue weighted by Gasteiger charge is -2.21. The van der Waals surface area contributed by atoms with Gasteiger partial charge in [-0.05, 0) is 12.8 Å². The molecule has 82 valence electrons. The fourth-order valence-corrected chi connectivity index (χ4v) is 3.35. The molecule has 0 bridgehead atoms. The van der Waals surface area contributed by atoms with E-state index in [1.54, 1.807) is 10.9 Å². The lowest BCUT2D eigenvalue weighted by molar-refractivity contribution is 0.0930. The molecule has 1 amide bonds. The predicted octanol–water partition coefficient (Wildman–Crippen LogP) is 0.784. The highest BCUT2D eigenvalue weighted by atomic mass is 32.2. The second-order valence-electron chi connectivity index (χ2n) is 3.47. The minimum absolute atomic E-state index is 0.117. The molecule has 0 unspecified atom stereocenters. The number of nitrogens with one attached hydrogen (secondary N) is 1. The fraction of sp³-hybridized carbons (Fsp3) is 0.556. The Morgan fingerprint density at radius 3 is 2.87 bits per heavy atom. The van der Waals surface area contributed by atoms with Crippen molar-refractivity contribution < 1.29 is 9.00 Å². The average molecular weight is 244 g/mol. The largest absolute Gasteiger partial charge is 0.348 e. The summed E-state index contributed by atoms with van der Waals surface area (Å²) in [5.41, 5.74) is 2.12. The molecule has 0 atom stereocenters. The maximum Gasteiger partial charge on any atom is 0.270 e. The number of carbonyl (C=O) groups is 1. The lowest BCUT2D eigenvalue weighted by atomic mass is 10.1. The van der Waals surface area contributed by atoms with Crippen LogP contribution in [-0.4, -0.2) is 32.6 Å². The van der Waals surface area contributed by atoms with E-state index in [1.807, 2.05) is 0 Å². The molecule has 1 saturated heterocycles. The topological polar surface area (TPSA) is 59.1 Å². The number of hydrogen-bond acceptors (Lipinski definition) is 4. The molecule has 1 aromatic rings. The van der Waals surface area contributed by atoms with Crippen LogP contribution in [0.15, 0.2) is 10.9 Å². The SMILES string of the molecule is O=C(NC1CCS(=O)CC1)c1cscn1. The van der Waals surface area contributed by atoms with Crippen molar-refractivity contribution in [3.05, 3.63) is 16.6 Å². The average Bonchev–Trinajstić information content (AvgIpc) is 2.74. The minimum atomic E-state index is -0.677. The third kappa shape index (κ3) is 2.85. The van der Waals surface area contributed by atoms with Crippen molar-refractivity contribution in [2.45, 2.75) is 18.9 Å². The van der Waals surface area contributed by atoms with Crippen LogP contribution < -0.4 is 5.32 Å². The highest BCUT2D eigenvalue weighted by Gasteiger charge is 2.20. The zero-order valence-corrected chi connectivity index (χ0v) is 9.77. The Morgan fingerprint density at radius 1 is 1.53 bits per heavy atom. The molecule has 1 N–H and O–H groups in total. The standard InChI is InChI=1S/C9H12N2O2S2/c12-9(8-5-14-6-10-8)11-7-1-3-15(13)4-2-7/h5-7H,1-4H2,(H,11,12). The molecule has 0 aliphatic carbocycles. The van der Waals surface area contributed by atoms with Crippen LogP contribution in [0.1, 0.15) is 23.3 Å². The molecule has 1 fully saturated rings. The van der Waals surface area contributed by atoms with Gasteiger partial charge in [-0.3, -0.25) is 9.00 Å². The molecule has 1 aliphatic rings. The highest BCUT2D eigenvalue weighted by molar-refractivity contribution is 7.85. The monoisotopic (exact) mass is 244 g/mol. The maximum absolute atomic E-state index is 11.6. The van der Waals surface area contributed by atoms with Crippen molar-refractivity contribution in [1.82, 2.24) is 10.3 Å². The van der Waals surface area contributed by atoms with Gasteiger partial charge in [0, 0.05) is 33.7 Å². The van der Waals surface area contributed by atoms with Crippen molar-refractivity contribution >= 4 is 28.0 Å². The second kappa shape index (κ2) is 4.85. The Hall–Kier alpha value is -0.750. The third-order valence-electron chi connectivity index (χ3n) is 2.39. The van der Waals surface area contributed by atoms with Crippen LogP contribution in [0, 0.1) is 0 Å². The summed E-state index contributed by atoms with van der Waals surface area (Å²) in [5.74, 6) is 1.28. The maximum atomic E-state index is 11.6. The van der Waals surface area contributed by atoms with Crippen molar-refractivity contribution in [3.8, 4) is 0 Å². The summed E-state index contributed by atoms with van der Waals surface area (Å²) in [6.07, 6.45) is 1.62. The predicted molar refractivity (Wildman–Crippen MR) is 60.5 cm³/mol. The van der Waals surface area contributed by atoms with Gasteiger partial charge in [-0.25, -0.2) is 4.98 Å². The first-order chi connectivity index (χ1) is 7.25. The summed E-state index contributed by atoms with van der Waals surface area (Å²) >= 11 is 1.41. The van der Waals surface area contributed by atoms with Gasteiger partial charge in [-0.1, -0.05) is 0 Å². The Bertz CT molecular complexity index is 354. The van der Waals surface area contributed by atoms with E-state index in [1.165, 1.54) is 11.3 Å². The van der Waals surface area contributed by atoms with Crippen LogP contribution in [0.25, 0.3) is 0 Å². The van der Waals surface area contributed by atoms with Gasteiger partial charge in [-0.15, -0.1) is 11.3 Å². The molecule has 0 radical (unpaired) electrons. The molecule has 2 rings (SSSR count). The van der Waals surface area contributed by atoms with Gasteiger partial charge in [0.2, 0.25) is 0 Å². The molecule has 15 heavy (non-hydrogen) atoms. The Balaban J connectivity index is 1.87. The van der Waals surface area contributed by atoms with Crippen LogP contribution in [-0.2, 0) is 10.8 Å². The number of nitrogens with zero attached hydrogens (tertiary/aromatic N) is 1. The Morgan fingerprint density at radius 2 is 2.27 bits per heavy atom. The van der Waals surface area contributed by atoms with E-state index in [0.29, 0.717) is 17.2 Å². The van der Waals surface area contributed by atoms with Gasteiger partial charge in [0.1, 0.15) is 5.69 Å². The summed E-state index contributed by atoms with van der Waals surface area (Å²) in [6.45, 7) is 0. The number of carbonyl (C=O) groups excluding carboxylic acids is 1. The van der Waals surface area contributed by atoms with Crippen molar-refractivity contribution in [2.75, 3.05) is 11.5 Å². The number of hydrogen-bond donors (Lipinski definition) is 1. The van der Waals surface area contributed by atoms with Crippen molar-refractivity contribution in [1.29, 1.82) is 0 Å². The van der Waals surface area contributed by atoms with Crippen LogP contribution in [0.5, 0.6) is 0 Å². The third-order valence-corrected chi connectivity index (χ3v) is 4.36. The number of aromatic nitrogens is 1. The Kier molecular flexibility index (Phi) is 3.48. The molecule has 6 heteroatoms. The lowest BCUT2D eigenvalue weighted by Crippen LogP contribution is -2.39. The van der Waals surface area contributed by atoms with Crippen LogP contribution in [0.4, 0.5) is 0 Å². The van der Waals surface area contributed by atoms with Gasteiger partial charge in [0.15, 0.2) is 0 Å². The van der Waals surface area contributed by atoms with Crippen LogP contribution >= 0.6 is 11.3 Å². The summed E-state index contributed by atoms with van der Waals surface area (Å²) in [6, 6.07) is 0.164. The summed E-state index contributed by atoms with van der Waals surface area (Å²) < 4.78 is 11.1. The number of rotatable bonds is 2. The molecule has 0 aromatic carbocycles. The minimum Gasteiger partial charge on any atom is -0.348 e. The first-order valence-corrected chi connectivity index (χ1v) is 7.23. The van der Waals surface area contributed by atoms with E-state index in [4.69, 9.17) is 0 Å². The van der Waals surface area contributed by atoms with E-state index in [0.717, 1.165) is 12.8 Å². The quantitative estimate of drug-likeness (QED) is 0.836. The summed E-state index contributed by atoms with van der Waals surface area (Å²) in [4.78, 5) is 15.6. The normalized spacial score (nSPS) is 26.1. The smallest absolute Gasteiger partial charge is 0.270 e. The molecule has 0 saturated carbocycles. The van der Waals surface area contributed by atoms with E-state index in [9.17, 15) is 9.00 Å². The zero-order chi connectivity index (χ0) is 10.7. The zero-order valence-electron chi connectivity index (χ0n) is 8.14. The van der Waals surface area contributed by atoms with E-state index < -0.39 is 10.8 Å². The van der Waals surface area contributed by atoms with E-state index >= 15 is 0 Å². The molecule has 0 spiro atoms. The Labute approximate surface area is 94.6 Å². The first-order valence-electron chi connectivity index (χ1n) is 4.80. The van der Waals surface area contributed by atoms with E-state index in [2.05, 4.69) is 10.3 Å². The highest BCUT2D eigenvalue weighted by Crippen LogP contribution is 2.10. The molecular formula is C9H12N2O2S2. The fourth-order valence-electron chi connectivity index (χ4n) is 1.52.